The van der Waals surface area contributed by atoms with Crippen molar-refractivity contribution in [3.8, 4) is 17.7 Å². The van der Waals surface area contributed by atoms with E-state index in [1.54, 1.807) is 43.7 Å². The number of aliphatic hydroxyl groups is 2. The number of likely N-dealkylation sites (N-methyl/N-ethyl adjacent to an activating group) is 1. The van der Waals surface area contributed by atoms with Crippen LogP contribution in [-0.2, 0) is 0 Å². The molecule has 3 amide bonds. The van der Waals surface area contributed by atoms with Gasteiger partial charge in [-0.25, -0.2) is 9.78 Å². The Morgan fingerprint density at radius 2 is 2.09 bits per heavy atom. The predicted molar refractivity (Wildman–Crippen MR) is 125 cm³/mol. The topological polar surface area (TPSA) is 115 Å². The molecule has 182 valence electrons. The van der Waals surface area contributed by atoms with Crippen LogP contribution in [0.15, 0.2) is 12.3 Å². The molecule has 2 rings (SSSR count). The Labute approximate surface area is 196 Å². The molecule has 33 heavy (non-hydrogen) atoms. The predicted octanol–water partition coefficient (Wildman–Crippen LogP) is 1.47. The summed E-state index contributed by atoms with van der Waals surface area (Å²) in [7, 11) is 1.69. The van der Waals surface area contributed by atoms with Crippen LogP contribution in [0, 0.1) is 17.8 Å². The standard InChI is InChI=1S/C24H36N4O5/c1-15(2)26-23(31)27(7)13-20-16(3)12-28(17(4)14-29)22(30)19-10-18(8-9-24(5,6)32)11-25-21(19)33-20/h10-11,15-17,20,29,32H,12-14H2,1-7H3,(H,26,31)/t16-,17+,20-/m0/s1. The molecule has 0 saturated carbocycles. The Morgan fingerprint density at radius 3 is 2.67 bits per heavy atom. The maximum atomic E-state index is 13.4. The minimum absolute atomic E-state index is 0.0000336. The third kappa shape index (κ3) is 7.34. The zero-order valence-corrected chi connectivity index (χ0v) is 20.5. The fourth-order valence-corrected chi connectivity index (χ4v) is 3.32. The average Bonchev–Trinajstić information content (AvgIpc) is 2.73. The van der Waals surface area contributed by atoms with E-state index in [0.717, 1.165) is 0 Å². The maximum Gasteiger partial charge on any atom is 0.317 e. The Hall–Kier alpha value is -2.83. The molecule has 2 heterocycles. The molecule has 0 bridgehead atoms. The number of aliphatic hydroxyl groups excluding tert-OH is 1. The fraction of sp³-hybridized carbons (Fsp3) is 0.625. The average molecular weight is 461 g/mol. The number of hydrogen-bond donors (Lipinski definition) is 3. The van der Waals surface area contributed by atoms with Gasteiger partial charge in [0.2, 0.25) is 5.88 Å². The lowest BCUT2D eigenvalue weighted by molar-refractivity contribution is 0.0351. The number of aromatic nitrogens is 1. The highest BCUT2D eigenvalue weighted by Crippen LogP contribution is 2.27. The van der Waals surface area contributed by atoms with Gasteiger partial charge in [-0.1, -0.05) is 18.8 Å². The first-order valence-corrected chi connectivity index (χ1v) is 11.2. The minimum atomic E-state index is -1.19. The first-order valence-electron chi connectivity index (χ1n) is 11.2. The first kappa shape index (κ1) is 26.4. The highest BCUT2D eigenvalue weighted by Gasteiger charge is 2.34. The molecule has 0 aliphatic carbocycles. The third-order valence-electron chi connectivity index (χ3n) is 5.25. The third-order valence-corrected chi connectivity index (χ3v) is 5.25. The van der Waals surface area contributed by atoms with Crippen molar-refractivity contribution in [1.29, 1.82) is 0 Å². The van der Waals surface area contributed by atoms with E-state index in [1.807, 2.05) is 20.8 Å². The SMILES string of the molecule is CC(C)NC(=O)N(C)C[C@@H]1Oc2ncc(C#CC(C)(C)O)cc2C(=O)N([C@H](C)CO)C[C@@H]1C. The monoisotopic (exact) mass is 460 g/mol. The van der Waals surface area contributed by atoms with E-state index >= 15 is 0 Å². The molecule has 0 saturated heterocycles. The Morgan fingerprint density at radius 1 is 1.42 bits per heavy atom. The second kappa shape index (κ2) is 10.9. The molecule has 0 unspecified atom stereocenters. The lowest BCUT2D eigenvalue weighted by atomic mass is 10.00. The summed E-state index contributed by atoms with van der Waals surface area (Å²) >= 11 is 0. The number of ether oxygens (including phenoxy) is 1. The van der Waals surface area contributed by atoms with Crippen molar-refractivity contribution in [3.63, 3.8) is 0 Å². The second-order valence-electron chi connectivity index (χ2n) is 9.49. The molecule has 0 spiro atoms. The number of nitrogens with zero attached hydrogens (tertiary/aromatic N) is 3. The van der Waals surface area contributed by atoms with Crippen molar-refractivity contribution in [1.82, 2.24) is 20.1 Å². The van der Waals surface area contributed by atoms with Crippen molar-refractivity contribution >= 4 is 11.9 Å². The van der Waals surface area contributed by atoms with Crippen LogP contribution in [0.5, 0.6) is 5.88 Å². The number of carbonyl (C=O) groups is 2. The number of fused-ring (bicyclic) bond motifs is 1. The van der Waals surface area contributed by atoms with Gasteiger partial charge in [-0.15, -0.1) is 0 Å². The fourth-order valence-electron chi connectivity index (χ4n) is 3.32. The van der Waals surface area contributed by atoms with E-state index in [2.05, 4.69) is 22.1 Å². The number of amides is 3. The van der Waals surface area contributed by atoms with Crippen LogP contribution in [-0.4, -0.2) is 87.5 Å². The van der Waals surface area contributed by atoms with Gasteiger partial charge in [0.05, 0.1) is 19.2 Å². The summed E-state index contributed by atoms with van der Waals surface area (Å²) in [5.74, 6) is 5.24. The molecule has 1 aliphatic heterocycles. The van der Waals surface area contributed by atoms with Crippen molar-refractivity contribution in [3.05, 3.63) is 23.4 Å². The molecule has 0 aromatic carbocycles. The maximum absolute atomic E-state index is 13.4. The highest BCUT2D eigenvalue weighted by molar-refractivity contribution is 5.97. The van der Waals surface area contributed by atoms with Crippen molar-refractivity contribution in [2.75, 3.05) is 26.7 Å². The normalized spacial score (nSPS) is 19.5. The van der Waals surface area contributed by atoms with Crippen LogP contribution >= 0.6 is 0 Å². The zero-order chi connectivity index (χ0) is 24.9. The smallest absolute Gasteiger partial charge is 0.317 e. The Balaban J connectivity index is 2.44. The molecule has 1 aromatic rings. The molecular formula is C24H36N4O5. The summed E-state index contributed by atoms with van der Waals surface area (Å²) in [4.78, 5) is 33.3. The minimum Gasteiger partial charge on any atom is -0.472 e. The van der Waals surface area contributed by atoms with E-state index in [9.17, 15) is 19.8 Å². The zero-order valence-electron chi connectivity index (χ0n) is 20.5. The van der Waals surface area contributed by atoms with Gasteiger partial charge in [0.1, 0.15) is 17.3 Å². The Kier molecular flexibility index (Phi) is 8.69. The van der Waals surface area contributed by atoms with Gasteiger partial charge in [0.15, 0.2) is 0 Å². The summed E-state index contributed by atoms with van der Waals surface area (Å²) in [5, 5.41) is 22.5. The number of hydrogen-bond acceptors (Lipinski definition) is 6. The van der Waals surface area contributed by atoms with Gasteiger partial charge in [-0.05, 0) is 40.7 Å². The molecule has 0 radical (unpaired) electrons. The van der Waals surface area contributed by atoms with Crippen molar-refractivity contribution in [2.24, 2.45) is 5.92 Å². The quantitative estimate of drug-likeness (QED) is 0.574. The van der Waals surface area contributed by atoms with E-state index in [1.165, 1.54) is 6.20 Å². The lowest BCUT2D eigenvalue weighted by Gasteiger charge is -2.37. The van der Waals surface area contributed by atoms with Crippen LogP contribution in [0.2, 0.25) is 0 Å². The summed E-state index contributed by atoms with van der Waals surface area (Å²) in [5.41, 5.74) is -0.503. The lowest BCUT2D eigenvalue weighted by Crippen LogP contribution is -2.51. The van der Waals surface area contributed by atoms with Gasteiger partial charge in [-0.3, -0.25) is 4.79 Å². The van der Waals surface area contributed by atoms with E-state index in [-0.39, 0.29) is 48.5 Å². The van der Waals surface area contributed by atoms with Gasteiger partial charge in [0, 0.05) is 37.3 Å². The van der Waals surface area contributed by atoms with Gasteiger partial charge in [0.25, 0.3) is 5.91 Å². The second-order valence-corrected chi connectivity index (χ2v) is 9.49. The largest absolute Gasteiger partial charge is 0.472 e. The number of rotatable bonds is 5. The molecule has 9 nitrogen and oxygen atoms in total. The molecule has 0 fully saturated rings. The van der Waals surface area contributed by atoms with Crippen LogP contribution in [0.3, 0.4) is 0 Å². The first-order chi connectivity index (χ1) is 15.3. The number of carbonyl (C=O) groups excluding carboxylic acids is 2. The number of urea groups is 1. The summed E-state index contributed by atoms with van der Waals surface area (Å²) < 4.78 is 6.17. The van der Waals surface area contributed by atoms with Crippen LogP contribution < -0.4 is 10.1 Å². The molecule has 1 aromatic heterocycles. The van der Waals surface area contributed by atoms with Crippen LogP contribution in [0.4, 0.5) is 4.79 Å². The Bertz CT molecular complexity index is 916. The van der Waals surface area contributed by atoms with Gasteiger partial charge in [-0.2, -0.15) is 0 Å². The van der Waals surface area contributed by atoms with Gasteiger partial charge >= 0.3 is 6.03 Å². The van der Waals surface area contributed by atoms with E-state index < -0.39 is 17.7 Å². The number of pyridine rings is 1. The van der Waals surface area contributed by atoms with Crippen molar-refractivity contribution in [2.45, 2.75) is 65.3 Å². The van der Waals surface area contributed by atoms with Crippen LogP contribution in [0.1, 0.15) is 57.5 Å². The molecule has 3 N–H and O–H groups in total. The summed E-state index contributed by atoms with van der Waals surface area (Å²) in [6.07, 6.45) is 1.05. The van der Waals surface area contributed by atoms with Crippen molar-refractivity contribution < 1.29 is 24.5 Å². The van der Waals surface area contributed by atoms with Crippen LogP contribution in [0.25, 0.3) is 0 Å². The van der Waals surface area contributed by atoms with E-state index in [4.69, 9.17) is 4.74 Å². The highest BCUT2D eigenvalue weighted by atomic mass is 16.5. The molecule has 9 heteroatoms. The molecule has 1 aliphatic rings. The van der Waals surface area contributed by atoms with Gasteiger partial charge < -0.3 is 30.1 Å². The number of nitrogens with one attached hydrogen (secondary N) is 1. The summed E-state index contributed by atoms with van der Waals surface area (Å²) in [6.45, 7) is 11.1. The molecular weight excluding hydrogens is 424 g/mol. The summed E-state index contributed by atoms with van der Waals surface area (Å²) in [6, 6.07) is 0.951. The molecule has 3 atom stereocenters. The van der Waals surface area contributed by atoms with E-state index in [0.29, 0.717) is 12.1 Å².